The highest BCUT2D eigenvalue weighted by Gasteiger charge is 2.49. The van der Waals surface area contributed by atoms with Gasteiger partial charge in [-0.05, 0) is 44.2 Å². The highest BCUT2D eigenvalue weighted by Crippen LogP contribution is 2.36. The van der Waals surface area contributed by atoms with E-state index in [-0.39, 0.29) is 17.3 Å². The predicted molar refractivity (Wildman–Crippen MR) is 101 cm³/mol. The number of amides is 2. The Hall–Kier alpha value is -2.67. The topological polar surface area (TPSA) is 74.8 Å². The molecule has 0 aliphatic carbocycles. The number of benzene rings is 2. The Morgan fingerprint density at radius 2 is 1.73 bits per heavy atom. The van der Waals surface area contributed by atoms with Gasteiger partial charge in [-0.1, -0.05) is 24.3 Å². The maximum absolute atomic E-state index is 12.8. The van der Waals surface area contributed by atoms with E-state index in [1.165, 1.54) is 17.0 Å². The summed E-state index contributed by atoms with van der Waals surface area (Å²) >= 11 is 0. The van der Waals surface area contributed by atoms with Gasteiger partial charge in [0, 0.05) is 18.3 Å². The van der Waals surface area contributed by atoms with Crippen LogP contribution in [-0.4, -0.2) is 33.0 Å². The van der Waals surface area contributed by atoms with Crippen molar-refractivity contribution in [2.45, 2.75) is 13.8 Å². The van der Waals surface area contributed by atoms with Crippen LogP contribution in [0.3, 0.4) is 0 Å². The standard InChI is InChI=1S/C19H20N2O4S/c1-19(2)13-26(24,25)21(18(19)23)16-11-7-8-14(12-16)17(22)20(3)15-9-5-4-6-10-15/h4-12H,13H2,1-3H3. The first-order valence-electron chi connectivity index (χ1n) is 8.14. The number of carbonyl (C=O) groups is 2. The minimum absolute atomic E-state index is 0.188. The van der Waals surface area contributed by atoms with Gasteiger partial charge in [-0.3, -0.25) is 9.59 Å². The Morgan fingerprint density at radius 3 is 2.31 bits per heavy atom. The zero-order valence-electron chi connectivity index (χ0n) is 14.8. The summed E-state index contributed by atoms with van der Waals surface area (Å²) in [5.41, 5.74) is 0.225. The second kappa shape index (κ2) is 6.25. The Bertz CT molecular complexity index is 968. The fourth-order valence-electron chi connectivity index (χ4n) is 2.99. The lowest BCUT2D eigenvalue weighted by atomic mass is 9.95. The van der Waals surface area contributed by atoms with E-state index in [4.69, 9.17) is 0 Å². The quantitative estimate of drug-likeness (QED) is 0.830. The minimum atomic E-state index is -3.75. The van der Waals surface area contributed by atoms with E-state index >= 15 is 0 Å². The van der Waals surface area contributed by atoms with E-state index < -0.39 is 21.3 Å². The second-order valence-corrected chi connectivity index (χ2v) is 8.78. The number of para-hydroxylation sites is 1. The number of hydrogen-bond donors (Lipinski definition) is 0. The number of nitrogens with zero attached hydrogens (tertiary/aromatic N) is 2. The Kier molecular flexibility index (Phi) is 4.36. The normalized spacial score (nSPS) is 18.0. The van der Waals surface area contributed by atoms with Crippen LogP contribution < -0.4 is 9.21 Å². The third-order valence-corrected chi connectivity index (χ3v) is 6.38. The Balaban J connectivity index is 1.97. The SMILES string of the molecule is CN(C(=O)c1cccc(N2C(=O)C(C)(C)CS2(=O)=O)c1)c1ccccc1. The van der Waals surface area contributed by atoms with Crippen LogP contribution in [-0.2, 0) is 14.8 Å². The first-order chi connectivity index (χ1) is 12.1. The van der Waals surface area contributed by atoms with Crippen LogP contribution in [0.4, 0.5) is 11.4 Å². The molecule has 1 saturated heterocycles. The maximum Gasteiger partial charge on any atom is 0.258 e. The molecule has 0 radical (unpaired) electrons. The number of anilines is 2. The van der Waals surface area contributed by atoms with Crippen LogP contribution in [0.1, 0.15) is 24.2 Å². The molecular weight excluding hydrogens is 352 g/mol. The van der Waals surface area contributed by atoms with E-state index in [0.29, 0.717) is 11.3 Å². The molecule has 0 aromatic heterocycles. The third-order valence-electron chi connectivity index (χ3n) is 4.36. The van der Waals surface area contributed by atoms with Gasteiger partial charge >= 0.3 is 0 Å². The number of hydrogen-bond acceptors (Lipinski definition) is 4. The molecule has 26 heavy (non-hydrogen) atoms. The van der Waals surface area contributed by atoms with Gasteiger partial charge in [0.15, 0.2) is 0 Å². The fourth-order valence-corrected chi connectivity index (χ4v) is 5.09. The van der Waals surface area contributed by atoms with E-state index in [2.05, 4.69) is 0 Å². The summed E-state index contributed by atoms with van der Waals surface area (Å²) in [6.07, 6.45) is 0. The summed E-state index contributed by atoms with van der Waals surface area (Å²) in [5.74, 6) is -1.03. The van der Waals surface area contributed by atoms with E-state index in [0.717, 1.165) is 4.31 Å². The van der Waals surface area contributed by atoms with Crippen LogP contribution in [0.15, 0.2) is 54.6 Å². The molecule has 0 atom stereocenters. The highest BCUT2D eigenvalue weighted by atomic mass is 32.2. The molecule has 2 amide bonds. The molecule has 2 aromatic carbocycles. The lowest BCUT2D eigenvalue weighted by Gasteiger charge is -2.20. The second-order valence-electron chi connectivity index (χ2n) is 6.96. The molecule has 1 aliphatic heterocycles. The van der Waals surface area contributed by atoms with Crippen LogP contribution in [0, 0.1) is 5.41 Å². The van der Waals surface area contributed by atoms with Crippen LogP contribution in [0.25, 0.3) is 0 Å². The first kappa shape index (κ1) is 18.1. The van der Waals surface area contributed by atoms with E-state index in [1.54, 1.807) is 45.2 Å². The summed E-state index contributed by atoms with van der Waals surface area (Å²) in [4.78, 5) is 26.8. The van der Waals surface area contributed by atoms with Gasteiger partial charge in [0.1, 0.15) is 0 Å². The molecular formula is C19H20N2O4S. The molecule has 0 spiro atoms. The van der Waals surface area contributed by atoms with Gasteiger partial charge in [0.25, 0.3) is 5.91 Å². The summed E-state index contributed by atoms with van der Waals surface area (Å²) < 4.78 is 25.7. The molecule has 6 nitrogen and oxygen atoms in total. The van der Waals surface area contributed by atoms with Crippen molar-refractivity contribution in [2.24, 2.45) is 5.41 Å². The van der Waals surface area contributed by atoms with Crippen molar-refractivity contribution >= 4 is 33.2 Å². The molecule has 1 aliphatic rings. The average molecular weight is 372 g/mol. The van der Waals surface area contributed by atoms with E-state index in [1.807, 2.05) is 18.2 Å². The molecule has 0 bridgehead atoms. The maximum atomic E-state index is 12.8. The lowest BCUT2D eigenvalue weighted by Crippen LogP contribution is -2.33. The number of rotatable bonds is 3. The average Bonchev–Trinajstić information content (AvgIpc) is 2.77. The molecule has 136 valence electrons. The smallest absolute Gasteiger partial charge is 0.258 e. The van der Waals surface area contributed by atoms with Gasteiger partial charge in [-0.25, -0.2) is 12.7 Å². The van der Waals surface area contributed by atoms with Gasteiger partial charge in [-0.2, -0.15) is 0 Å². The molecule has 0 unspecified atom stereocenters. The monoisotopic (exact) mass is 372 g/mol. The third kappa shape index (κ3) is 3.10. The molecule has 1 heterocycles. The summed E-state index contributed by atoms with van der Waals surface area (Å²) in [6.45, 7) is 3.20. The van der Waals surface area contributed by atoms with Crippen molar-refractivity contribution < 1.29 is 18.0 Å². The molecule has 3 rings (SSSR count). The zero-order chi connectivity index (χ0) is 19.1. The van der Waals surface area contributed by atoms with Crippen molar-refractivity contribution in [3.8, 4) is 0 Å². The molecule has 2 aromatic rings. The minimum Gasteiger partial charge on any atom is -0.311 e. The van der Waals surface area contributed by atoms with Crippen molar-refractivity contribution in [2.75, 3.05) is 22.0 Å². The Morgan fingerprint density at radius 1 is 1.08 bits per heavy atom. The first-order valence-corrected chi connectivity index (χ1v) is 9.75. The predicted octanol–water partition coefficient (Wildman–Crippen LogP) is 2.67. The molecule has 7 heteroatoms. The van der Waals surface area contributed by atoms with Crippen LogP contribution in [0.2, 0.25) is 0 Å². The van der Waals surface area contributed by atoms with Crippen LogP contribution >= 0.6 is 0 Å². The van der Waals surface area contributed by atoms with Gasteiger partial charge in [0.05, 0.1) is 16.9 Å². The van der Waals surface area contributed by atoms with E-state index in [9.17, 15) is 18.0 Å². The summed E-state index contributed by atoms with van der Waals surface area (Å²) in [6, 6.07) is 15.3. The van der Waals surface area contributed by atoms with Gasteiger partial charge < -0.3 is 4.90 Å². The van der Waals surface area contributed by atoms with Gasteiger partial charge in [-0.15, -0.1) is 0 Å². The molecule has 0 saturated carbocycles. The molecule has 1 fully saturated rings. The van der Waals surface area contributed by atoms with Crippen molar-refractivity contribution in [3.63, 3.8) is 0 Å². The van der Waals surface area contributed by atoms with Crippen molar-refractivity contribution in [1.29, 1.82) is 0 Å². The zero-order valence-corrected chi connectivity index (χ0v) is 15.7. The largest absolute Gasteiger partial charge is 0.311 e. The highest BCUT2D eigenvalue weighted by molar-refractivity contribution is 7.94. The molecule has 0 N–H and O–H groups in total. The Labute approximate surface area is 153 Å². The summed E-state index contributed by atoms with van der Waals surface area (Å²) in [5, 5.41) is 0. The number of sulfonamides is 1. The lowest BCUT2D eigenvalue weighted by molar-refractivity contribution is -0.123. The van der Waals surface area contributed by atoms with Crippen molar-refractivity contribution in [3.05, 3.63) is 60.2 Å². The van der Waals surface area contributed by atoms with Gasteiger partial charge in [0.2, 0.25) is 15.9 Å². The summed E-state index contributed by atoms with van der Waals surface area (Å²) in [7, 11) is -2.11. The fraction of sp³-hybridized carbons (Fsp3) is 0.263. The number of carbonyl (C=O) groups excluding carboxylic acids is 2. The van der Waals surface area contributed by atoms with Crippen LogP contribution in [0.5, 0.6) is 0 Å². The van der Waals surface area contributed by atoms with Crippen molar-refractivity contribution in [1.82, 2.24) is 0 Å².